The van der Waals surface area contributed by atoms with Gasteiger partial charge in [0.2, 0.25) is 5.91 Å². The van der Waals surface area contributed by atoms with Crippen LogP contribution in [0.3, 0.4) is 0 Å². The van der Waals surface area contributed by atoms with Crippen LogP contribution in [0.4, 0.5) is 10.1 Å². The van der Waals surface area contributed by atoms with Crippen molar-refractivity contribution in [3.8, 4) is 0 Å². The molecule has 4 rings (SSSR count). The van der Waals surface area contributed by atoms with E-state index in [9.17, 15) is 14.0 Å². The van der Waals surface area contributed by atoms with E-state index in [0.29, 0.717) is 38.3 Å². The third kappa shape index (κ3) is 3.65. The number of fused-ring (bicyclic) bond motifs is 1. The predicted molar refractivity (Wildman–Crippen MR) is 112 cm³/mol. The van der Waals surface area contributed by atoms with E-state index in [2.05, 4.69) is 4.90 Å². The number of para-hydroxylation sites is 1. The number of halogens is 1. The second kappa shape index (κ2) is 7.80. The van der Waals surface area contributed by atoms with E-state index in [4.69, 9.17) is 0 Å². The molecule has 1 unspecified atom stereocenters. The Kier molecular flexibility index (Phi) is 5.36. The van der Waals surface area contributed by atoms with E-state index >= 15 is 0 Å². The number of piperazine rings is 1. The van der Waals surface area contributed by atoms with Crippen molar-refractivity contribution in [2.75, 3.05) is 38.1 Å². The first-order valence-electron chi connectivity index (χ1n) is 9.71. The molecular formula is C22H24FN3O2S. The zero-order chi connectivity index (χ0) is 20.6. The van der Waals surface area contributed by atoms with Gasteiger partial charge in [-0.05, 0) is 25.1 Å². The molecule has 2 aromatic rings. The Morgan fingerprint density at radius 1 is 1.07 bits per heavy atom. The molecule has 0 bridgehead atoms. The summed E-state index contributed by atoms with van der Waals surface area (Å²) in [6.45, 7) is 4.61. The van der Waals surface area contributed by atoms with Crippen molar-refractivity contribution in [1.82, 2.24) is 9.80 Å². The summed E-state index contributed by atoms with van der Waals surface area (Å²) in [7, 11) is 1.72. The molecule has 0 saturated carbocycles. The van der Waals surface area contributed by atoms with Gasteiger partial charge in [0, 0.05) is 50.2 Å². The van der Waals surface area contributed by atoms with Crippen LogP contribution in [0.15, 0.2) is 53.4 Å². The standard InChI is InChI=1S/C22H24FN3O2S/c1-22(20(27)24(2)18-9-5-6-10-19(18)29-22)21(28)26-13-11-25(12-14-26)15-16-7-3-4-8-17(16)23/h3-10H,11-15H2,1-2H3. The average Bonchev–Trinajstić information content (AvgIpc) is 2.74. The van der Waals surface area contributed by atoms with Gasteiger partial charge >= 0.3 is 0 Å². The highest BCUT2D eigenvalue weighted by atomic mass is 32.2. The Labute approximate surface area is 174 Å². The number of thioether (sulfide) groups is 1. The van der Waals surface area contributed by atoms with E-state index < -0.39 is 4.75 Å². The van der Waals surface area contributed by atoms with Gasteiger partial charge < -0.3 is 9.80 Å². The number of carbonyl (C=O) groups is 2. The zero-order valence-corrected chi connectivity index (χ0v) is 17.4. The van der Waals surface area contributed by atoms with Crippen LogP contribution < -0.4 is 4.90 Å². The molecule has 0 aromatic heterocycles. The van der Waals surface area contributed by atoms with Crippen molar-refractivity contribution in [3.05, 3.63) is 59.9 Å². The third-order valence-corrected chi connectivity index (χ3v) is 7.00. The SMILES string of the molecule is CN1C(=O)C(C)(C(=O)N2CCN(Cc3ccccc3F)CC2)Sc2ccccc21. The summed E-state index contributed by atoms with van der Waals surface area (Å²) >= 11 is 1.33. The normalized spacial score (nSPS) is 22.5. The van der Waals surface area contributed by atoms with Crippen LogP contribution in [0.1, 0.15) is 12.5 Å². The van der Waals surface area contributed by atoms with Crippen molar-refractivity contribution in [2.45, 2.75) is 23.1 Å². The summed E-state index contributed by atoms with van der Waals surface area (Å²) in [6.07, 6.45) is 0. The van der Waals surface area contributed by atoms with Crippen molar-refractivity contribution in [1.29, 1.82) is 0 Å². The first-order chi connectivity index (χ1) is 13.9. The Bertz CT molecular complexity index is 945. The number of rotatable bonds is 3. The van der Waals surface area contributed by atoms with Gasteiger partial charge in [-0.3, -0.25) is 14.5 Å². The van der Waals surface area contributed by atoms with Crippen LogP contribution >= 0.6 is 11.8 Å². The van der Waals surface area contributed by atoms with Crippen molar-refractivity contribution < 1.29 is 14.0 Å². The lowest BCUT2D eigenvalue weighted by molar-refractivity contribution is -0.139. The number of amides is 2. The maximum Gasteiger partial charge on any atom is 0.252 e. The second-order valence-corrected chi connectivity index (χ2v) is 9.09. The molecule has 7 heteroatoms. The summed E-state index contributed by atoms with van der Waals surface area (Å²) in [6, 6.07) is 14.4. The predicted octanol–water partition coefficient (Wildman–Crippen LogP) is 3.00. The van der Waals surface area contributed by atoms with Gasteiger partial charge in [0.1, 0.15) is 5.82 Å². The van der Waals surface area contributed by atoms with E-state index in [-0.39, 0.29) is 17.6 Å². The molecule has 0 radical (unpaired) electrons. The van der Waals surface area contributed by atoms with Gasteiger partial charge in [-0.25, -0.2) is 4.39 Å². The zero-order valence-electron chi connectivity index (χ0n) is 16.6. The highest BCUT2D eigenvalue weighted by Crippen LogP contribution is 2.45. The summed E-state index contributed by atoms with van der Waals surface area (Å²) < 4.78 is 12.7. The lowest BCUT2D eigenvalue weighted by Crippen LogP contribution is -2.59. The number of anilines is 1. The van der Waals surface area contributed by atoms with Gasteiger partial charge in [-0.1, -0.05) is 42.1 Å². The minimum absolute atomic E-state index is 0.153. The number of benzene rings is 2. The molecule has 152 valence electrons. The van der Waals surface area contributed by atoms with Crippen LogP contribution in [0, 0.1) is 5.82 Å². The maximum absolute atomic E-state index is 13.9. The summed E-state index contributed by atoms with van der Waals surface area (Å²) in [4.78, 5) is 32.8. The quantitative estimate of drug-likeness (QED) is 0.726. The molecule has 1 atom stereocenters. The molecule has 2 aromatic carbocycles. The number of carbonyl (C=O) groups excluding carboxylic acids is 2. The Morgan fingerprint density at radius 2 is 1.72 bits per heavy atom. The third-order valence-electron chi connectivity index (χ3n) is 5.67. The molecule has 2 amide bonds. The Morgan fingerprint density at radius 3 is 2.45 bits per heavy atom. The Hall–Kier alpha value is -2.38. The molecule has 5 nitrogen and oxygen atoms in total. The number of nitrogens with zero attached hydrogens (tertiary/aromatic N) is 3. The highest BCUT2D eigenvalue weighted by molar-refractivity contribution is 8.02. The highest BCUT2D eigenvalue weighted by Gasteiger charge is 2.50. The Balaban J connectivity index is 1.44. The fourth-order valence-electron chi connectivity index (χ4n) is 3.93. The van der Waals surface area contributed by atoms with Crippen LogP contribution in [-0.4, -0.2) is 59.6 Å². The van der Waals surface area contributed by atoms with Crippen molar-refractivity contribution in [3.63, 3.8) is 0 Å². The minimum Gasteiger partial charge on any atom is -0.338 e. The van der Waals surface area contributed by atoms with Gasteiger partial charge in [-0.2, -0.15) is 0 Å². The molecule has 2 aliphatic rings. The van der Waals surface area contributed by atoms with Crippen LogP contribution in [0.2, 0.25) is 0 Å². The molecule has 0 spiro atoms. The van der Waals surface area contributed by atoms with E-state index in [1.807, 2.05) is 30.3 Å². The second-order valence-electron chi connectivity index (χ2n) is 7.63. The average molecular weight is 414 g/mol. The number of hydrogen-bond acceptors (Lipinski definition) is 4. The molecular weight excluding hydrogens is 389 g/mol. The van der Waals surface area contributed by atoms with Gasteiger partial charge in [0.25, 0.3) is 5.91 Å². The minimum atomic E-state index is -1.17. The van der Waals surface area contributed by atoms with Gasteiger partial charge in [-0.15, -0.1) is 0 Å². The van der Waals surface area contributed by atoms with Crippen LogP contribution in [-0.2, 0) is 16.1 Å². The van der Waals surface area contributed by atoms with Crippen LogP contribution in [0.5, 0.6) is 0 Å². The molecule has 2 heterocycles. The topological polar surface area (TPSA) is 43.9 Å². The lowest BCUT2D eigenvalue weighted by atomic mass is 10.1. The molecule has 1 fully saturated rings. The fraction of sp³-hybridized carbons (Fsp3) is 0.364. The summed E-state index contributed by atoms with van der Waals surface area (Å²) in [5, 5.41) is 0. The maximum atomic E-state index is 13.9. The lowest BCUT2D eigenvalue weighted by Gasteiger charge is -2.42. The largest absolute Gasteiger partial charge is 0.338 e. The van der Waals surface area contributed by atoms with E-state index in [1.54, 1.807) is 35.9 Å². The summed E-state index contributed by atoms with van der Waals surface area (Å²) in [5.74, 6) is -0.552. The molecule has 0 aliphatic carbocycles. The monoisotopic (exact) mass is 413 g/mol. The summed E-state index contributed by atoms with van der Waals surface area (Å²) in [5.41, 5.74) is 1.50. The van der Waals surface area contributed by atoms with Crippen molar-refractivity contribution >= 4 is 29.3 Å². The molecule has 0 N–H and O–H groups in total. The molecule has 29 heavy (non-hydrogen) atoms. The first-order valence-corrected chi connectivity index (χ1v) is 10.5. The van der Waals surface area contributed by atoms with Gasteiger partial charge in [0.05, 0.1) is 5.69 Å². The molecule has 1 saturated heterocycles. The molecule has 2 aliphatic heterocycles. The van der Waals surface area contributed by atoms with Crippen molar-refractivity contribution in [2.24, 2.45) is 0 Å². The first kappa shape index (κ1) is 19.9. The van der Waals surface area contributed by atoms with Crippen LogP contribution in [0.25, 0.3) is 0 Å². The van der Waals surface area contributed by atoms with E-state index in [1.165, 1.54) is 17.8 Å². The fourth-order valence-corrected chi connectivity index (χ4v) is 5.26. The van der Waals surface area contributed by atoms with Gasteiger partial charge in [0.15, 0.2) is 4.75 Å². The number of hydrogen-bond donors (Lipinski definition) is 0. The smallest absolute Gasteiger partial charge is 0.252 e. The van der Waals surface area contributed by atoms with E-state index in [0.717, 1.165) is 10.6 Å².